The second-order valence-electron chi connectivity index (χ2n) is 6.92. The molecule has 3 rings (SSSR count). The van der Waals surface area contributed by atoms with Gasteiger partial charge in [-0.1, -0.05) is 17.7 Å². The Morgan fingerprint density at radius 3 is 2.81 bits per heavy atom. The third kappa shape index (κ3) is 4.96. The lowest BCUT2D eigenvalue weighted by atomic mass is 9.95. The average Bonchev–Trinajstić information content (AvgIpc) is 3.24. The maximum Gasteiger partial charge on any atom is 0.328 e. The summed E-state index contributed by atoms with van der Waals surface area (Å²) in [6, 6.07) is 1.68. The van der Waals surface area contributed by atoms with Gasteiger partial charge in [-0.15, -0.1) is 0 Å². The minimum atomic E-state index is -1.08. The molecular weight excluding hydrogens is 431 g/mol. The number of fused-ring (bicyclic) bond motifs is 1. The van der Waals surface area contributed by atoms with Crippen molar-refractivity contribution in [1.82, 2.24) is 20.2 Å². The van der Waals surface area contributed by atoms with E-state index in [2.05, 4.69) is 20.0 Å². The number of nitrogens with one attached hydrogen (secondary N) is 2. The van der Waals surface area contributed by atoms with Crippen molar-refractivity contribution in [3.63, 3.8) is 0 Å². The van der Waals surface area contributed by atoms with Gasteiger partial charge in [-0.05, 0) is 18.6 Å². The Bertz CT molecular complexity index is 982. The summed E-state index contributed by atoms with van der Waals surface area (Å²) < 4.78 is 24.1. The van der Waals surface area contributed by atoms with E-state index >= 15 is 0 Å². The highest BCUT2D eigenvalue weighted by Gasteiger charge is 2.37. The van der Waals surface area contributed by atoms with Gasteiger partial charge in [0.25, 0.3) is 0 Å². The molecule has 0 spiro atoms. The first-order chi connectivity index (χ1) is 14.8. The topological polar surface area (TPSA) is 114 Å². The predicted molar refractivity (Wildman–Crippen MR) is 108 cm³/mol. The number of ether oxygens (including phenoxy) is 2. The molecule has 0 radical (unpaired) electrons. The molecule has 2 heterocycles. The summed E-state index contributed by atoms with van der Waals surface area (Å²) in [5.41, 5.74) is 1.52. The van der Waals surface area contributed by atoms with Crippen LogP contribution in [0.5, 0.6) is 0 Å². The van der Waals surface area contributed by atoms with E-state index in [4.69, 9.17) is 16.3 Å². The molecule has 0 saturated carbocycles. The lowest BCUT2D eigenvalue weighted by Crippen LogP contribution is -2.51. The molecule has 0 aliphatic carbocycles. The molecule has 1 aliphatic heterocycles. The lowest BCUT2D eigenvalue weighted by molar-refractivity contribution is -0.144. The van der Waals surface area contributed by atoms with E-state index in [0.717, 1.165) is 5.69 Å². The maximum absolute atomic E-state index is 14.8. The highest BCUT2D eigenvalue weighted by atomic mass is 35.5. The van der Waals surface area contributed by atoms with Gasteiger partial charge in [0, 0.05) is 35.7 Å². The SMILES string of the molecule is COC(=O)CC[C@@H](NC(=O)N1CCc2[nH]cnc2[C@H]1c1ccc(Cl)cc1F)C(=O)OC. The summed E-state index contributed by atoms with van der Waals surface area (Å²) in [6.07, 6.45) is 1.86. The van der Waals surface area contributed by atoms with E-state index in [9.17, 15) is 18.8 Å². The van der Waals surface area contributed by atoms with Crippen LogP contribution in [0.3, 0.4) is 0 Å². The monoisotopic (exact) mass is 452 g/mol. The highest BCUT2D eigenvalue weighted by molar-refractivity contribution is 6.30. The zero-order chi connectivity index (χ0) is 22.5. The number of aromatic nitrogens is 2. The Morgan fingerprint density at radius 2 is 2.13 bits per heavy atom. The second-order valence-corrected chi connectivity index (χ2v) is 7.35. The van der Waals surface area contributed by atoms with Crippen LogP contribution in [-0.2, 0) is 25.5 Å². The molecule has 1 aromatic heterocycles. The van der Waals surface area contributed by atoms with Crippen LogP contribution in [0.15, 0.2) is 24.5 Å². The van der Waals surface area contributed by atoms with Gasteiger partial charge in [-0.2, -0.15) is 0 Å². The smallest absolute Gasteiger partial charge is 0.328 e. The standard InChI is InChI=1S/C20H22ClFN4O5/c1-30-16(27)6-5-15(19(28)31-2)25-20(29)26-8-7-14-17(24-10-23-14)18(26)12-4-3-11(21)9-13(12)22/h3-4,9-10,15,18H,5-8H2,1-2H3,(H,23,24)(H,25,29)/t15-,18-/m1/s1. The molecule has 0 saturated heterocycles. The molecule has 11 heteroatoms. The molecule has 0 unspecified atom stereocenters. The molecule has 2 amide bonds. The normalized spacial score (nSPS) is 16.3. The van der Waals surface area contributed by atoms with Crippen molar-refractivity contribution in [3.8, 4) is 0 Å². The maximum atomic E-state index is 14.8. The number of urea groups is 1. The summed E-state index contributed by atoms with van der Waals surface area (Å²) in [4.78, 5) is 45.4. The molecule has 166 valence electrons. The van der Waals surface area contributed by atoms with Crippen LogP contribution >= 0.6 is 11.6 Å². The van der Waals surface area contributed by atoms with Crippen LogP contribution in [0.4, 0.5) is 9.18 Å². The minimum Gasteiger partial charge on any atom is -0.469 e. The molecule has 9 nitrogen and oxygen atoms in total. The van der Waals surface area contributed by atoms with E-state index in [1.54, 1.807) is 0 Å². The van der Waals surface area contributed by atoms with Crippen molar-refractivity contribution in [2.75, 3.05) is 20.8 Å². The van der Waals surface area contributed by atoms with E-state index in [1.165, 1.54) is 43.6 Å². The number of amides is 2. The Labute approximate surface area is 182 Å². The first kappa shape index (κ1) is 22.5. The van der Waals surface area contributed by atoms with Crippen LogP contribution in [0, 0.1) is 5.82 Å². The summed E-state index contributed by atoms with van der Waals surface area (Å²) in [6.45, 7) is 0.249. The van der Waals surface area contributed by atoms with Crippen molar-refractivity contribution >= 4 is 29.6 Å². The predicted octanol–water partition coefficient (Wildman–Crippen LogP) is 2.35. The minimum absolute atomic E-state index is 0.00739. The summed E-state index contributed by atoms with van der Waals surface area (Å²) in [7, 11) is 2.41. The first-order valence-corrected chi connectivity index (χ1v) is 9.92. The third-order valence-electron chi connectivity index (χ3n) is 5.09. The van der Waals surface area contributed by atoms with E-state index in [1.807, 2.05) is 0 Å². The molecule has 2 N–H and O–H groups in total. The Balaban J connectivity index is 1.88. The Morgan fingerprint density at radius 1 is 1.35 bits per heavy atom. The number of hydrogen-bond donors (Lipinski definition) is 2. The number of nitrogens with zero attached hydrogens (tertiary/aromatic N) is 2. The number of halogens is 2. The number of imidazole rings is 1. The van der Waals surface area contributed by atoms with Gasteiger partial charge in [0.15, 0.2) is 0 Å². The fourth-order valence-electron chi connectivity index (χ4n) is 3.52. The lowest BCUT2D eigenvalue weighted by Gasteiger charge is -2.36. The number of hydrogen-bond acceptors (Lipinski definition) is 6. The Hall–Kier alpha value is -3.14. The molecule has 0 bridgehead atoms. The average molecular weight is 453 g/mol. The molecular formula is C20H22ClFN4O5. The summed E-state index contributed by atoms with van der Waals surface area (Å²) >= 11 is 5.88. The number of H-pyrrole nitrogens is 1. The van der Waals surface area contributed by atoms with Crippen LogP contribution < -0.4 is 5.32 Å². The zero-order valence-electron chi connectivity index (χ0n) is 17.0. The van der Waals surface area contributed by atoms with E-state index in [0.29, 0.717) is 12.1 Å². The van der Waals surface area contributed by atoms with Crippen molar-refractivity contribution in [2.45, 2.75) is 31.3 Å². The van der Waals surface area contributed by atoms with Gasteiger partial charge >= 0.3 is 18.0 Å². The van der Waals surface area contributed by atoms with Crippen LogP contribution in [0.2, 0.25) is 5.02 Å². The summed E-state index contributed by atoms with van der Waals surface area (Å²) in [5, 5.41) is 2.81. The number of aromatic amines is 1. The first-order valence-electron chi connectivity index (χ1n) is 9.54. The van der Waals surface area contributed by atoms with Crippen LogP contribution in [0.1, 0.15) is 35.8 Å². The fourth-order valence-corrected chi connectivity index (χ4v) is 3.68. The fraction of sp³-hybridized carbons (Fsp3) is 0.400. The van der Waals surface area contributed by atoms with E-state index in [-0.39, 0.29) is 30.0 Å². The molecule has 1 aromatic carbocycles. The van der Waals surface area contributed by atoms with Gasteiger partial charge in [0.05, 0.1) is 26.2 Å². The number of carbonyl (C=O) groups excluding carboxylic acids is 3. The number of esters is 2. The third-order valence-corrected chi connectivity index (χ3v) is 5.33. The Kier molecular flexibility index (Phi) is 7.11. The quantitative estimate of drug-likeness (QED) is 0.650. The number of rotatable bonds is 6. The largest absolute Gasteiger partial charge is 0.469 e. The molecule has 2 aromatic rings. The van der Waals surface area contributed by atoms with Crippen molar-refractivity contribution < 1.29 is 28.2 Å². The van der Waals surface area contributed by atoms with Crippen LogP contribution in [-0.4, -0.2) is 59.6 Å². The number of benzene rings is 1. The molecule has 0 fully saturated rings. The summed E-state index contributed by atoms with van der Waals surface area (Å²) in [5.74, 6) is -1.81. The highest BCUT2D eigenvalue weighted by Crippen LogP contribution is 2.35. The van der Waals surface area contributed by atoms with Gasteiger partial charge in [0.1, 0.15) is 17.9 Å². The number of methoxy groups -OCH3 is 2. The van der Waals surface area contributed by atoms with Crippen LogP contribution in [0.25, 0.3) is 0 Å². The second kappa shape index (κ2) is 9.78. The molecule has 31 heavy (non-hydrogen) atoms. The van der Waals surface area contributed by atoms with Gasteiger partial charge in [0.2, 0.25) is 0 Å². The van der Waals surface area contributed by atoms with Crippen molar-refractivity contribution in [2.24, 2.45) is 0 Å². The molecule has 1 aliphatic rings. The van der Waals surface area contributed by atoms with Gasteiger partial charge in [-0.3, -0.25) is 4.79 Å². The molecule has 2 atom stereocenters. The zero-order valence-corrected chi connectivity index (χ0v) is 17.7. The van der Waals surface area contributed by atoms with E-state index < -0.39 is 35.9 Å². The van der Waals surface area contributed by atoms with Crippen molar-refractivity contribution in [3.05, 3.63) is 52.3 Å². The van der Waals surface area contributed by atoms with Crippen molar-refractivity contribution in [1.29, 1.82) is 0 Å². The van der Waals surface area contributed by atoms with Gasteiger partial charge in [-0.25, -0.2) is 19.0 Å². The number of carbonyl (C=O) groups is 3. The van der Waals surface area contributed by atoms with Gasteiger partial charge < -0.3 is 24.7 Å².